The molecule has 3 aromatic heterocycles. The molecule has 1 aromatic carbocycles. The highest BCUT2D eigenvalue weighted by molar-refractivity contribution is 6.74. The van der Waals surface area contributed by atoms with Crippen LogP contribution in [0.25, 0.3) is 16.6 Å². The van der Waals surface area contributed by atoms with Crippen LogP contribution in [-0.4, -0.2) is 45.2 Å². The molecule has 0 radical (unpaired) electrons. The lowest BCUT2D eigenvalue weighted by molar-refractivity contribution is 0.0928. The number of nitrogens with zero attached hydrogens (tertiary/aromatic N) is 6. The number of aromatic nitrogens is 5. The van der Waals surface area contributed by atoms with E-state index in [1.54, 1.807) is 6.33 Å². The van der Waals surface area contributed by atoms with E-state index in [9.17, 15) is 5.26 Å². The molecule has 0 amide bonds. The van der Waals surface area contributed by atoms with Crippen molar-refractivity contribution in [3.05, 3.63) is 59.7 Å². The Morgan fingerprint density at radius 2 is 1.74 bits per heavy atom. The molecule has 10 heteroatoms. The number of pyridine rings is 1. The monoisotopic (exact) mass is 538 g/mol. The highest BCUT2D eigenvalue weighted by atomic mass is 28.4. The predicted octanol–water partition coefficient (Wildman–Crippen LogP) is 5.89. The first-order valence-electron chi connectivity index (χ1n) is 13.5. The number of fused-ring (bicyclic) bond motifs is 2. The standard InChI is InChI=1S/C29H34N8OSi/c1-29(2,3)39(4,5)38-21-10-20(11-21)35-27-13-28(33-17-32-27)36-26-12-25-19(15-31-26)16-34-37(25)24-9-6-18(14-30)22-7-8-23(22)24/h6,9,12-13,15-17,20-21H,7-8,10-11H2,1-5H3,(H2,31,32,33,35,36)/t20-,21+. The van der Waals surface area contributed by atoms with Crippen molar-refractivity contribution < 1.29 is 4.43 Å². The maximum Gasteiger partial charge on any atom is 0.192 e. The molecule has 0 atom stereocenters. The van der Waals surface area contributed by atoms with Gasteiger partial charge in [0.1, 0.15) is 23.8 Å². The Morgan fingerprint density at radius 1 is 1.00 bits per heavy atom. The lowest BCUT2D eigenvalue weighted by Crippen LogP contribution is -2.50. The first-order chi connectivity index (χ1) is 18.6. The van der Waals surface area contributed by atoms with Crippen molar-refractivity contribution in [2.75, 3.05) is 10.6 Å². The quantitative estimate of drug-likeness (QED) is 0.280. The van der Waals surface area contributed by atoms with Gasteiger partial charge in [0.2, 0.25) is 0 Å². The molecule has 0 bridgehead atoms. The molecule has 3 heterocycles. The van der Waals surface area contributed by atoms with Crippen LogP contribution < -0.4 is 10.6 Å². The van der Waals surface area contributed by atoms with Gasteiger partial charge in [-0.05, 0) is 67.1 Å². The fraction of sp³-hybridized carbons (Fsp3) is 0.414. The molecule has 1 saturated carbocycles. The Balaban J connectivity index is 1.14. The van der Waals surface area contributed by atoms with Crippen LogP contribution in [0.1, 0.15) is 50.3 Å². The number of benzene rings is 1. The van der Waals surface area contributed by atoms with Crippen molar-refractivity contribution in [2.45, 2.75) is 76.7 Å². The molecule has 2 N–H and O–H groups in total. The highest BCUT2D eigenvalue weighted by Gasteiger charge is 2.42. The summed E-state index contributed by atoms with van der Waals surface area (Å²) < 4.78 is 8.47. The zero-order valence-electron chi connectivity index (χ0n) is 23.1. The summed E-state index contributed by atoms with van der Waals surface area (Å²) in [7, 11) is -1.75. The summed E-state index contributed by atoms with van der Waals surface area (Å²) in [5, 5.41) is 22.1. The van der Waals surface area contributed by atoms with E-state index in [1.807, 2.05) is 41.3 Å². The Kier molecular flexibility index (Phi) is 6.16. The zero-order chi connectivity index (χ0) is 27.4. The first-order valence-corrected chi connectivity index (χ1v) is 16.4. The van der Waals surface area contributed by atoms with Gasteiger partial charge in [-0.3, -0.25) is 0 Å². The van der Waals surface area contributed by atoms with Gasteiger partial charge in [0.25, 0.3) is 0 Å². The summed E-state index contributed by atoms with van der Waals surface area (Å²) in [6.07, 6.45) is 9.38. The molecule has 1 fully saturated rings. The van der Waals surface area contributed by atoms with Gasteiger partial charge in [0.05, 0.1) is 29.0 Å². The molecule has 9 nitrogen and oxygen atoms in total. The van der Waals surface area contributed by atoms with E-state index < -0.39 is 8.32 Å². The number of anilines is 3. The van der Waals surface area contributed by atoms with Crippen LogP contribution in [-0.2, 0) is 17.3 Å². The molecule has 200 valence electrons. The average Bonchev–Trinajstić information content (AvgIpc) is 3.25. The van der Waals surface area contributed by atoms with Gasteiger partial charge in [-0.1, -0.05) is 20.8 Å². The van der Waals surface area contributed by atoms with Gasteiger partial charge >= 0.3 is 0 Å². The predicted molar refractivity (Wildman–Crippen MR) is 155 cm³/mol. The number of hydrogen-bond acceptors (Lipinski definition) is 8. The van der Waals surface area contributed by atoms with Crippen LogP contribution >= 0.6 is 0 Å². The van der Waals surface area contributed by atoms with E-state index >= 15 is 0 Å². The highest BCUT2D eigenvalue weighted by Crippen LogP contribution is 2.40. The van der Waals surface area contributed by atoms with Crippen LogP contribution in [0.2, 0.25) is 18.1 Å². The third-order valence-electron chi connectivity index (χ3n) is 8.47. The van der Waals surface area contributed by atoms with Gasteiger partial charge in [-0.15, -0.1) is 0 Å². The summed E-state index contributed by atoms with van der Waals surface area (Å²) in [6, 6.07) is 10.4. The van der Waals surface area contributed by atoms with Gasteiger partial charge < -0.3 is 15.1 Å². The van der Waals surface area contributed by atoms with Gasteiger partial charge in [0, 0.05) is 35.9 Å². The Hall–Kier alpha value is -3.81. The number of hydrogen-bond donors (Lipinski definition) is 2. The fourth-order valence-corrected chi connectivity index (χ4v) is 6.40. The SMILES string of the molecule is CC(C)(C)[Si](C)(C)O[C@H]1C[C@@H](Nc2cc(Nc3cc4c(cn3)cnn4-c3ccc(C#N)c4c3CC4)ncn2)C1. The second-order valence-corrected chi connectivity index (χ2v) is 16.9. The van der Waals surface area contributed by atoms with Crippen LogP contribution in [0.3, 0.4) is 0 Å². The van der Waals surface area contributed by atoms with Crippen LogP contribution in [0.15, 0.2) is 43.0 Å². The van der Waals surface area contributed by atoms with E-state index in [1.165, 1.54) is 5.56 Å². The third kappa shape index (κ3) is 4.77. The van der Waals surface area contributed by atoms with E-state index in [4.69, 9.17) is 4.43 Å². The first kappa shape index (κ1) is 25.5. The molecular weight excluding hydrogens is 504 g/mol. The molecular formula is C29H34N8OSi. The van der Waals surface area contributed by atoms with Gasteiger partial charge in [-0.25, -0.2) is 19.6 Å². The largest absolute Gasteiger partial charge is 0.414 e. The van der Waals surface area contributed by atoms with Crippen molar-refractivity contribution in [1.29, 1.82) is 5.26 Å². The molecule has 2 aliphatic rings. The fourth-order valence-electron chi connectivity index (χ4n) is 5.02. The lowest BCUT2D eigenvalue weighted by Gasteiger charge is -2.45. The molecule has 2 aliphatic carbocycles. The molecule has 0 unspecified atom stereocenters. The van der Waals surface area contributed by atoms with Crippen LogP contribution in [0, 0.1) is 11.3 Å². The van der Waals surface area contributed by atoms with Gasteiger partial charge in [-0.2, -0.15) is 10.4 Å². The summed E-state index contributed by atoms with van der Waals surface area (Å²) in [4.78, 5) is 13.4. The number of rotatable bonds is 7. The van der Waals surface area contributed by atoms with E-state index in [0.29, 0.717) is 23.8 Å². The summed E-state index contributed by atoms with van der Waals surface area (Å²) in [5.74, 6) is 2.13. The maximum absolute atomic E-state index is 9.40. The van der Waals surface area contributed by atoms with Crippen molar-refractivity contribution >= 4 is 36.7 Å². The topological polar surface area (TPSA) is 114 Å². The minimum Gasteiger partial charge on any atom is -0.414 e. The normalized spacial score (nSPS) is 18.6. The van der Waals surface area contributed by atoms with Gasteiger partial charge in [0.15, 0.2) is 8.32 Å². The molecule has 0 aliphatic heterocycles. The van der Waals surface area contributed by atoms with E-state index in [0.717, 1.165) is 59.2 Å². The Bertz CT molecular complexity index is 1590. The molecule has 6 rings (SSSR count). The van der Waals surface area contributed by atoms with Crippen molar-refractivity contribution in [3.63, 3.8) is 0 Å². The molecule has 39 heavy (non-hydrogen) atoms. The second kappa shape index (κ2) is 9.43. The lowest BCUT2D eigenvalue weighted by atomic mass is 9.83. The number of nitriles is 1. The third-order valence-corrected chi connectivity index (χ3v) is 13.0. The molecule has 0 spiro atoms. The van der Waals surface area contributed by atoms with E-state index in [-0.39, 0.29) is 5.04 Å². The number of nitrogens with one attached hydrogen (secondary N) is 2. The van der Waals surface area contributed by atoms with Crippen LogP contribution in [0.5, 0.6) is 0 Å². The van der Waals surface area contributed by atoms with Crippen molar-refractivity contribution in [2.24, 2.45) is 0 Å². The van der Waals surface area contributed by atoms with E-state index in [2.05, 4.69) is 70.6 Å². The summed E-state index contributed by atoms with van der Waals surface area (Å²) in [5.41, 5.74) is 5.06. The Labute approximate surface area is 229 Å². The minimum atomic E-state index is -1.75. The smallest absolute Gasteiger partial charge is 0.192 e. The van der Waals surface area contributed by atoms with Crippen molar-refractivity contribution in [1.82, 2.24) is 24.7 Å². The van der Waals surface area contributed by atoms with Crippen LogP contribution in [0.4, 0.5) is 17.5 Å². The maximum atomic E-state index is 9.40. The summed E-state index contributed by atoms with van der Waals surface area (Å²) >= 11 is 0. The average molecular weight is 539 g/mol. The molecule has 0 saturated heterocycles. The zero-order valence-corrected chi connectivity index (χ0v) is 24.1. The minimum absolute atomic E-state index is 0.218. The van der Waals surface area contributed by atoms with Crippen molar-refractivity contribution in [3.8, 4) is 11.8 Å². The Morgan fingerprint density at radius 3 is 2.46 bits per heavy atom. The molecule has 4 aromatic rings. The summed E-state index contributed by atoms with van der Waals surface area (Å²) in [6.45, 7) is 11.5. The second-order valence-electron chi connectivity index (χ2n) is 12.1.